The van der Waals surface area contributed by atoms with Crippen LogP contribution in [0.25, 0.3) is 0 Å². The fourth-order valence-electron chi connectivity index (χ4n) is 7.64. The number of nitro groups is 4. The average Bonchev–Trinajstić information content (AvgIpc) is 3.34. The highest BCUT2D eigenvalue weighted by atomic mass is 16.6. The van der Waals surface area contributed by atoms with E-state index in [0.29, 0.717) is 24.8 Å². The van der Waals surface area contributed by atoms with Crippen molar-refractivity contribution in [2.75, 3.05) is 26.4 Å². The Hall–Kier alpha value is -6.85. The van der Waals surface area contributed by atoms with E-state index in [4.69, 9.17) is 18.9 Å². The van der Waals surface area contributed by atoms with Gasteiger partial charge in [-0.15, -0.1) is 0 Å². The first kappa shape index (κ1) is 39.8. The normalized spacial score (nSPS) is 13.2. The predicted molar refractivity (Wildman–Crippen MR) is 202 cm³/mol. The van der Waals surface area contributed by atoms with Gasteiger partial charge in [0, 0.05) is 106 Å². The smallest absolute Gasteiger partial charge is 0.341 e. The van der Waals surface area contributed by atoms with Gasteiger partial charge in [0.15, 0.2) is 6.61 Å². The van der Waals surface area contributed by atoms with E-state index >= 15 is 0 Å². The lowest BCUT2D eigenvalue weighted by Gasteiger charge is -2.35. The summed E-state index contributed by atoms with van der Waals surface area (Å²) in [5.74, 6) is -1.03. The maximum atomic E-state index is 12.8. The van der Waals surface area contributed by atoms with Crippen molar-refractivity contribution in [3.8, 4) is 23.0 Å². The van der Waals surface area contributed by atoms with Crippen LogP contribution in [0.15, 0.2) is 48.5 Å². The van der Waals surface area contributed by atoms with Gasteiger partial charge in [-0.05, 0) is 25.7 Å². The number of nitro benzene ring substituents is 4. The second kappa shape index (κ2) is 16.1. The van der Waals surface area contributed by atoms with Gasteiger partial charge < -0.3 is 24.1 Å². The van der Waals surface area contributed by atoms with Crippen molar-refractivity contribution in [3.05, 3.63) is 133 Å². The number of non-ortho nitro benzene ring substituents is 4. The van der Waals surface area contributed by atoms with Crippen LogP contribution in [0.4, 0.5) is 22.7 Å². The Bertz CT molecular complexity index is 2220. The maximum absolute atomic E-state index is 12.8. The van der Waals surface area contributed by atoms with Gasteiger partial charge in [-0.2, -0.15) is 0 Å². The van der Waals surface area contributed by atoms with Crippen molar-refractivity contribution < 1.29 is 48.5 Å². The molecule has 0 atom stereocenters. The number of aliphatic carboxylic acids is 1. The van der Waals surface area contributed by atoms with Crippen molar-refractivity contribution in [2.45, 2.75) is 64.7 Å². The van der Waals surface area contributed by atoms with Gasteiger partial charge in [0.2, 0.25) is 0 Å². The van der Waals surface area contributed by atoms with Crippen LogP contribution in [0.3, 0.4) is 0 Å². The number of benzene rings is 4. The molecule has 0 heterocycles. The molecule has 0 saturated carbocycles. The lowest BCUT2D eigenvalue weighted by molar-refractivity contribution is -0.385. The number of rotatable bonds is 16. The molecule has 57 heavy (non-hydrogen) atoms. The van der Waals surface area contributed by atoms with Gasteiger partial charge in [-0.1, -0.05) is 20.8 Å². The van der Waals surface area contributed by atoms with Crippen LogP contribution < -0.4 is 18.9 Å². The van der Waals surface area contributed by atoms with Crippen LogP contribution in [0.5, 0.6) is 23.0 Å². The molecule has 4 aromatic carbocycles. The first-order valence-corrected chi connectivity index (χ1v) is 18.2. The van der Waals surface area contributed by atoms with Crippen LogP contribution in [-0.4, -0.2) is 57.2 Å². The number of carboxylic acids is 1. The summed E-state index contributed by atoms with van der Waals surface area (Å²) >= 11 is 0. The van der Waals surface area contributed by atoms with Crippen molar-refractivity contribution in [1.29, 1.82) is 0 Å². The molecule has 1 N–H and O–H groups in total. The average molecular weight is 787 g/mol. The number of nitrogens with zero attached hydrogens (tertiary/aromatic N) is 4. The molecule has 0 radical (unpaired) electrons. The van der Waals surface area contributed by atoms with E-state index in [9.17, 15) is 50.4 Å². The fourth-order valence-corrected chi connectivity index (χ4v) is 7.64. The Morgan fingerprint density at radius 3 is 1.19 bits per heavy atom. The summed E-state index contributed by atoms with van der Waals surface area (Å²) in [6.07, 6.45) is 0.747. The van der Waals surface area contributed by atoms with E-state index in [2.05, 4.69) is 0 Å². The molecular weight excluding hydrogens is 748 g/mol. The summed E-state index contributed by atoms with van der Waals surface area (Å²) in [6, 6.07) is 10.0. The number of carboxylic acid groups (broad SMARTS) is 1. The van der Waals surface area contributed by atoms with E-state index in [-0.39, 0.29) is 107 Å². The second-order valence-corrected chi connectivity index (χ2v) is 13.7. The molecule has 298 valence electrons. The summed E-state index contributed by atoms with van der Waals surface area (Å²) in [7, 11) is 0. The monoisotopic (exact) mass is 786 g/mol. The van der Waals surface area contributed by atoms with Crippen molar-refractivity contribution in [1.82, 2.24) is 0 Å². The Labute approximate surface area is 324 Å². The summed E-state index contributed by atoms with van der Waals surface area (Å²) in [5.41, 5.74) is -2.08. The van der Waals surface area contributed by atoms with E-state index in [1.54, 1.807) is 0 Å². The van der Waals surface area contributed by atoms with Gasteiger partial charge in [-0.3, -0.25) is 40.5 Å². The number of hydrogen-bond donors (Lipinski definition) is 1. The minimum absolute atomic E-state index is 0.0623. The quantitative estimate of drug-likeness (QED) is 0.0852. The topological polar surface area (TPSA) is 247 Å². The predicted octanol–water partition coefficient (Wildman–Crippen LogP) is 7.53. The largest absolute Gasteiger partial charge is 0.493 e. The number of hydrogen-bond acceptors (Lipinski definition) is 13. The molecule has 0 amide bonds. The zero-order valence-corrected chi connectivity index (χ0v) is 31.2. The third-order valence-electron chi connectivity index (χ3n) is 9.81. The maximum Gasteiger partial charge on any atom is 0.341 e. The van der Waals surface area contributed by atoms with Gasteiger partial charge >= 0.3 is 5.97 Å². The van der Waals surface area contributed by atoms with Crippen LogP contribution >= 0.6 is 0 Å². The second-order valence-electron chi connectivity index (χ2n) is 13.7. The third-order valence-corrected chi connectivity index (χ3v) is 9.81. The number of carbonyl (C=O) groups is 1. The molecule has 2 aliphatic rings. The number of fused-ring (bicyclic) bond motifs is 11. The van der Waals surface area contributed by atoms with Crippen LogP contribution in [0, 0.1) is 40.5 Å². The summed E-state index contributed by atoms with van der Waals surface area (Å²) in [5, 5.41) is 60.1. The summed E-state index contributed by atoms with van der Waals surface area (Å²) in [4.78, 5) is 59.8. The van der Waals surface area contributed by atoms with Crippen molar-refractivity contribution in [3.63, 3.8) is 0 Å². The molecule has 8 bridgehead atoms. The molecule has 18 nitrogen and oxygen atoms in total. The molecule has 0 fully saturated rings. The highest BCUT2D eigenvalue weighted by Crippen LogP contribution is 2.60. The summed E-state index contributed by atoms with van der Waals surface area (Å²) in [6.45, 7) is 4.97. The third kappa shape index (κ3) is 7.44. The minimum Gasteiger partial charge on any atom is -0.493 e. The molecule has 18 heteroatoms. The Morgan fingerprint density at radius 1 is 0.544 bits per heavy atom. The Morgan fingerprint density at radius 2 is 0.860 bits per heavy atom. The SMILES string of the molecule is CCCOc1c2cc([N+](=O)[O-])cc1C1(Cc3cc([N+](=O)[O-])cc1c3OCCC)c1cc([N+](=O)[O-])cc(c1OCCC)Cc1cc([N+](=O)[O-])cc(c1OCC(=O)O)C2. The first-order valence-electron chi connectivity index (χ1n) is 18.2. The van der Waals surface area contributed by atoms with Crippen molar-refractivity contribution >= 4 is 28.7 Å². The lowest BCUT2D eigenvalue weighted by atomic mass is 9.68. The van der Waals surface area contributed by atoms with Crippen molar-refractivity contribution in [2.24, 2.45) is 0 Å². The molecular formula is C39H38N4O14. The molecule has 2 aliphatic carbocycles. The lowest BCUT2D eigenvalue weighted by Crippen LogP contribution is -2.31. The Balaban J connectivity index is 1.89. The highest BCUT2D eigenvalue weighted by molar-refractivity contribution is 5.75. The minimum atomic E-state index is -1.71. The first-order chi connectivity index (χ1) is 27.2. The highest BCUT2D eigenvalue weighted by Gasteiger charge is 2.52. The zero-order valence-electron chi connectivity index (χ0n) is 31.2. The van der Waals surface area contributed by atoms with Gasteiger partial charge in [0.1, 0.15) is 23.0 Å². The van der Waals surface area contributed by atoms with Gasteiger partial charge in [0.25, 0.3) is 22.7 Å². The molecule has 0 aromatic heterocycles. The molecule has 0 unspecified atom stereocenters. The molecule has 0 saturated heterocycles. The van der Waals surface area contributed by atoms with E-state index in [1.807, 2.05) is 20.8 Å². The van der Waals surface area contributed by atoms with E-state index in [0.717, 1.165) is 0 Å². The van der Waals surface area contributed by atoms with E-state index < -0.39 is 54.7 Å². The summed E-state index contributed by atoms with van der Waals surface area (Å²) < 4.78 is 25.1. The Kier molecular flexibility index (Phi) is 11.2. The standard InChI is InChI=1S/C39H38N4O14/c1-4-7-54-36-24-10-22-12-27(40(46)47)13-23(35(22)57-21-34(44)45)11-25-15-29(42(50)51)18-32(37(25)55-8-5-2)39(31(36)17-28(14-24)41(48)49)20-26-16-30(43(52)53)19-33(39)38(26)56-9-6-3/h12-19H,4-11,20-21H2,1-3H3,(H,44,45). The van der Waals surface area contributed by atoms with E-state index in [1.165, 1.54) is 48.5 Å². The van der Waals surface area contributed by atoms with Gasteiger partial charge in [0.05, 0.1) is 44.9 Å². The molecule has 6 rings (SSSR count). The number of ether oxygens (including phenoxy) is 4. The van der Waals surface area contributed by atoms with Crippen LogP contribution in [0.2, 0.25) is 0 Å². The zero-order chi connectivity index (χ0) is 41.2. The van der Waals surface area contributed by atoms with Gasteiger partial charge in [-0.25, -0.2) is 4.79 Å². The molecule has 4 aromatic rings. The fraction of sp³-hybridized carbons (Fsp3) is 0.359. The van der Waals surface area contributed by atoms with Crippen LogP contribution in [-0.2, 0) is 29.5 Å². The molecule has 1 spiro atoms. The van der Waals surface area contributed by atoms with Crippen LogP contribution in [0.1, 0.15) is 84.5 Å². The molecule has 0 aliphatic heterocycles.